The zero-order chi connectivity index (χ0) is 26.5. The van der Waals surface area contributed by atoms with E-state index in [0.29, 0.717) is 42.1 Å². The van der Waals surface area contributed by atoms with Crippen LogP contribution in [-0.2, 0) is 23.7 Å². The number of hydrogen-bond acceptors (Lipinski definition) is 9. The molecule has 37 heavy (non-hydrogen) atoms. The Morgan fingerprint density at radius 1 is 1.05 bits per heavy atom. The second-order valence-corrected chi connectivity index (χ2v) is 11.1. The van der Waals surface area contributed by atoms with Crippen molar-refractivity contribution >= 4 is 27.7 Å². The average Bonchev–Trinajstić information content (AvgIpc) is 3.18. The van der Waals surface area contributed by atoms with Crippen molar-refractivity contribution in [1.82, 2.24) is 0 Å². The van der Waals surface area contributed by atoms with Gasteiger partial charge in [-0.1, -0.05) is 40.7 Å². The number of ketones is 1. The van der Waals surface area contributed by atoms with Crippen LogP contribution in [0.1, 0.15) is 55.3 Å². The van der Waals surface area contributed by atoms with E-state index in [2.05, 4.69) is 22.5 Å². The normalized spacial score (nSPS) is 33.7. The summed E-state index contributed by atoms with van der Waals surface area (Å²) in [5.74, 6) is -0.628. The summed E-state index contributed by atoms with van der Waals surface area (Å²) in [5.41, 5.74) is 0.426. The number of Topliss-reactive ketones (excluding diaryl/α,β-unsaturated/α-hetero) is 1. The number of carbonyl (C=O) groups excluding carboxylic acids is 2. The van der Waals surface area contributed by atoms with Crippen molar-refractivity contribution in [3.63, 3.8) is 0 Å². The number of aliphatic hydroxyl groups excluding tert-OH is 3. The number of halogens is 1. The average molecular weight is 583 g/mol. The molecule has 0 bridgehead atoms. The first-order valence-electron chi connectivity index (χ1n) is 12.8. The number of carbonyl (C=O) groups is 2. The molecule has 9 unspecified atom stereocenters. The standard InChI is InChI=1S/C27H35BrO9/c1-15(28)13-19(35-27(33)16-5-3-2-4-6-16)8-7-17(30)14-21-22(31)25-26(37-21)23(32)24-20(36-25)10-9-18(34-24)11-12-29/h2-6,18-26,29,31-32H,1,7-14H2. The van der Waals surface area contributed by atoms with Crippen molar-refractivity contribution in [2.75, 3.05) is 6.61 Å². The Hall–Kier alpha value is -1.66. The maximum atomic E-state index is 12.8. The van der Waals surface area contributed by atoms with Crippen LogP contribution in [0.3, 0.4) is 0 Å². The molecule has 0 amide bonds. The molecule has 10 heteroatoms. The SMILES string of the molecule is C=C(Br)CC(CCC(=O)CC1OC2C(O)C3OC(CCO)CCC3OC2C1O)OC(=O)c1ccccc1. The first kappa shape index (κ1) is 28.4. The minimum absolute atomic E-state index is 0.000520. The van der Waals surface area contributed by atoms with E-state index in [0.717, 1.165) is 0 Å². The molecule has 0 saturated carbocycles. The molecule has 1 aromatic carbocycles. The summed E-state index contributed by atoms with van der Waals surface area (Å²) in [6, 6.07) is 8.63. The lowest BCUT2D eigenvalue weighted by Gasteiger charge is -2.46. The van der Waals surface area contributed by atoms with E-state index in [9.17, 15) is 24.9 Å². The molecule has 3 aliphatic rings. The zero-order valence-electron chi connectivity index (χ0n) is 20.6. The van der Waals surface area contributed by atoms with Gasteiger partial charge in [0.05, 0.1) is 23.9 Å². The first-order valence-corrected chi connectivity index (χ1v) is 13.6. The van der Waals surface area contributed by atoms with E-state index in [4.69, 9.17) is 18.9 Å². The van der Waals surface area contributed by atoms with E-state index in [-0.39, 0.29) is 37.4 Å². The minimum atomic E-state index is -1.06. The number of fused-ring (bicyclic) bond motifs is 2. The molecule has 0 aromatic heterocycles. The number of ether oxygens (including phenoxy) is 4. The highest BCUT2D eigenvalue weighted by Crippen LogP contribution is 2.40. The Morgan fingerprint density at radius 3 is 2.49 bits per heavy atom. The maximum Gasteiger partial charge on any atom is 0.338 e. The molecule has 0 radical (unpaired) electrons. The lowest BCUT2D eigenvalue weighted by molar-refractivity contribution is -0.260. The Balaban J connectivity index is 1.30. The van der Waals surface area contributed by atoms with Gasteiger partial charge in [-0.3, -0.25) is 4.79 Å². The molecule has 4 rings (SSSR count). The largest absolute Gasteiger partial charge is 0.458 e. The molecule has 3 fully saturated rings. The summed E-state index contributed by atoms with van der Waals surface area (Å²) in [4.78, 5) is 25.3. The van der Waals surface area contributed by atoms with Gasteiger partial charge in [0.1, 0.15) is 42.4 Å². The van der Waals surface area contributed by atoms with Gasteiger partial charge in [-0.2, -0.15) is 0 Å². The lowest BCUT2D eigenvalue weighted by Crippen LogP contribution is -2.61. The minimum Gasteiger partial charge on any atom is -0.458 e. The van der Waals surface area contributed by atoms with Gasteiger partial charge in [0.25, 0.3) is 0 Å². The van der Waals surface area contributed by atoms with Crippen LogP contribution in [0.25, 0.3) is 0 Å². The Labute approximate surface area is 224 Å². The van der Waals surface area contributed by atoms with Gasteiger partial charge in [0, 0.05) is 25.9 Å². The number of esters is 1. The summed E-state index contributed by atoms with van der Waals surface area (Å²) >= 11 is 3.30. The molecule has 1 aromatic rings. The molecule has 9 atom stereocenters. The van der Waals surface area contributed by atoms with Gasteiger partial charge in [-0.05, 0) is 42.3 Å². The van der Waals surface area contributed by atoms with Crippen LogP contribution < -0.4 is 0 Å². The van der Waals surface area contributed by atoms with E-state index >= 15 is 0 Å². The Morgan fingerprint density at radius 2 is 1.78 bits per heavy atom. The fourth-order valence-corrected chi connectivity index (χ4v) is 5.70. The van der Waals surface area contributed by atoms with E-state index in [1.165, 1.54) is 0 Å². The number of aliphatic hydroxyl groups is 3. The van der Waals surface area contributed by atoms with Crippen molar-refractivity contribution < 1.29 is 43.9 Å². The van der Waals surface area contributed by atoms with Crippen molar-refractivity contribution in [2.24, 2.45) is 0 Å². The molecule has 0 aliphatic carbocycles. The van der Waals surface area contributed by atoms with Gasteiger partial charge in [0.15, 0.2) is 0 Å². The fraction of sp³-hybridized carbons (Fsp3) is 0.630. The Bertz CT molecular complexity index is 941. The predicted octanol–water partition coefficient (Wildman–Crippen LogP) is 2.44. The van der Waals surface area contributed by atoms with Gasteiger partial charge in [-0.25, -0.2) is 4.79 Å². The molecule has 3 aliphatic heterocycles. The van der Waals surface area contributed by atoms with Crippen LogP contribution >= 0.6 is 15.9 Å². The third-order valence-corrected chi connectivity index (χ3v) is 7.55. The Kier molecular flexibility index (Phi) is 9.90. The summed E-state index contributed by atoms with van der Waals surface area (Å²) in [7, 11) is 0. The smallest absolute Gasteiger partial charge is 0.338 e. The predicted molar refractivity (Wildman–Crippen MR) is 136 cm³/mol. The molecular weight excluding hydrogens is 548 g/mol. The summed E-state index contributed by atoms with van der Waals surface area (Å²) in [6.45, 7) is 3.82. The molecule has 204 valence electrons. The van der Waals surface area contributed by atoms with Crippen LogP contribution in [0, 0.1) is 0 Å². The van der Waals surface area contributed by atoms with Crippen molar-refractivity contribution in [2.45, 2.75) is 99.9 Å². The number of benzene rings is 1. The molecule has 0 spiro atoms. The molecule has 3 saturated heterocycles. The highest BCUT2D eigenvalue weighted by Gasteiger charge is 2.56. The van der Waals surface area contributed by atoms with Crippen LogP contribution in [0.15, 0.2) is 41.4 Å². The molecule has 9 nitrogen and oxygen atoms in total. The van der Waals surface area contributed by atoms with Gasteiger partial charge >= 0.3 is 5.97 Å². The van der Waals surface area contributed by atoms with Crippen LogP contribution in [-0.4, -0.2) is 88.6 Å². The van der Waals surface area contributed by atoms with E-state index < -0.39 is 48.7 Å². The van der Waals surface area contributed by atoms with Crippen LogP contribution in [0.2, 0.25) is 0 Å². The zero-order valence-corrected chi connectivity index (χ0v) is 22.2. The quantitative estimate of drug-likeness (QED) is 0.336. The third-order valence-electron chi connectivity index (χ3n) is 7.22. The van der Waals surface area contributed by atoms with E-state index in [1.807, 2.05) is 6.07 Å². The van der Waals surface area contributed by atoms with Crippen molar-refractivity contribution in [1.29, 1.82) is 0 Å². The summed E-state index contributed by atoms with van der Waals surface area (Å²) < 4.78 is 24.2. The van der Waals surface area contributed by atoms with Gasteiger partial charge in [-0.15, -0.1) is 0 Å². The molecule has 3 heterocycles. The topological polar surface area (TPSA) is 132 Å². The van der Waals surface area contributed by atoms with Gasteiger partial charge in [0.2, 0.25) is 0 Å². The monoisotopic (exact) mass is 582 g/mol. The highest BCUT2D eigenvalue weighted by atomic mass is 79.9. The van der Waals surface area contributed by atoms with Crippen LogP contribution in [0.4, 0.5) is 0 Å². The highest BCUT2D eigenvalue weighted by molar-refractivity contribution is 9.11. The van der Waals surface area contributed by atoms with Crippen molar-refractivity contribution in [3.8, 4) is 0 Å². The fourth-order valence-electron chi connectivity index (χ4n) is 5.34. The second-order valence-electron chi connectivity index (χ2n) is 9.97. The molecular formula is C27H35BrO9. The third kappa shape index (κ3) is 7.06. The van der Waals surface area contributed by atoms with Crippen molar-refractivity contribution in [3.05, 3.63) is 47.0 Å². The molecule has 3 N–H and O–H groups in total. The number of hydrogen-bond donors (Lipinski definition) is 3. The summed E-state index contributed by atoms with van der Waals surface area (Å²) in [6.07, 6.45) is -3.59. The first-order chi connectivity index (χ1) is 17.8. The second kappa shape index (κ2) is 12.9. The summed E-state index contributed by atoms with van der Waals surface area (Å²) in [5, 5.41) is 31.0. The van der Waals surface area contributed by atoms with E-state index in [1.54, 1.807) is 24.3 Å². The van der Waals surface area contributed by atoms with Crippen LogP contribution in [0.5, 0.6) is 0 Å². The maximum absolute atomic E-state index is 12.8. The van der Waals surface area contributed by atoms with Gasteiger partial charge < -0.3 is 34.3 Å². The lowest BCUT2D eigenvalue weighted by atomic mass is 9.88. The number of rotatable bonds is 11.